The van der Waals surface area contributed by atoms with Crippen molar-refractivity contribution in [2.24, 2.45) is 5.73 Å². The Labute approximate surface area is 90.3 Å². The number of thioether (sulfide) groups is 1. The van der Waals surface area contributed by atoms with Gasteiger partial charge in [0, 0.05) is 0 Å². The van der Waals surface area contributed by atoms with Crippen LogP contribution in [0.3, 0.4) is 0 Å². The third-order valence-corrected chi connectivity index (χ3v) is 7.53. The van der Waals surface area contributed by atoms with Crippen LogP contribution in [-0.2, 0) is 0 Å². The molecule has 0 aromatic heterocycles. The van der Waals surface area contributed by atoms with Gasteiger partial charge in [0.15, 0.2) is 0 Å². The quantitative estimate of drug-likeness (QED) is 0.508. The van der Waals surface area contributed by atoms with Gasteiger partial charge in [-0.15, -0.1) is 0 Å². The summed E-state index contributed by atoms with van der Waals surface area (Å²) in [6.45, 7) is 0.898. The van der Waals surface area contributed by atoms with Gasteiger partial charge in [0.1, 0.15) is 0 Å². The molecular formula is C7H19NO2SSn. The van der Waals surface area contributed by atoms with E-state index < -0.39 is 0 Å². The van der Waals surface area contributed by atoms with Gasteiger partial charge in [0.25, 0.3) is 0 Å². The molecule has 0 fully saturated rings. The normalized spacial score (nSPS) is 6.83. The van der Waals surface area contributed by atoms with E-state index in [1.54, 1.807) is 0 Å². The zero-order valence-electron chi connectivity index (χ0n) is 8.13. The molecule has 0 atom stereocenters. The van der Waals surface area contributed by atoms with Gasteiger partial charge >= 0.3 is 66.1 Å². The van der Waals surface area contributed by atoms with Crippen LogP contribution in [0.5, 0.6) is 0 Å². The molecule has 5 heteroatoms. The zero-order chi connectivity index (χ0) is 10.2. The summed E-state index contributed by atoms with van der Waals surface area (Å²) < 4.78 is 2.93. The summed E-state index contributed by atoms with van der Waals surface area (Å²) in [5.74, 6) is 0. The fraction of sp³-hybridized carbons (Fsp3) is 1.00. The van der Waals surface area contributed by atoms with Crippen LogP contribution in [0.25, 0.3) is 0 Å². The van der Waals surface area contributed by atoms with E-state index in [1.165, 1.54) is 14.6 Å². The number of rotatable bonds is 5. The summed E-state index contributed by atoms with van der Waals surface area (Å²) in [5.41, 5.74) is 5.33. The Morgan fingerprint density at radius 1 is 1.25 bits per heavy atom. The molecule has 74 valence electrons. The average molecular weight is 300 g/mol. The van der Waals surface area contributed by atoms with Gasteiger partial charge in [-0.05, 0) is 0 Å². The molecule has 0 radical (unpaired) electrons. The van der Waals surface area contributed by atoms with Crippen molar-refractivity contribution in [1.82, 2.24) is 0 Å². The summed E-state index contributed by atoms with van der Waals surface area (Å²) >= 11 is 2.04. The van der Waals surface area contributed by atoms with Crippen LogP contribution < -0.4 is 15.9 Å². The predicted molar refractivity (Wildman–Crippen MR) is 54.5 cm³/mol. The maximum atomic E-state index is 8.25. The fourth-order valence-corrected chi connectivity index (χ4v) is 5.03. The Hall–Kier alpha value is 1.03. The van der Waals surface area contributed by atoms with Crippen molar-refractivity contribution in [3.8, 4) is 0 Å². The molecule has 0 bridgehead atoms. The molecule has 0 heterocycles. The van der Waals surface area contributed by atoms with Gasteiger partial charge in [-0.3, -0.25) is 0 Å². The average Bonchev–Trinajstić information content (AvgIpc) is 2.19. The Kier molecular flexibility index (Phi) is 46.3. The molecule has 0 aromatic rings. The molecule has 0 aliphatic heterocycles. The summed E-state index contributed by atoms with van der Waals surface area (Å²) in [6.07, 6.45) is 3.45. The smallest absolute Gasteiger partial charge is 0.153 e. The minimum Gasteiger partial charge on any atom is -0.857 e. The van der Waals surface area contributed by atoms with Crippen molar-refractivity contribution >= 4 is 32.9 Å². The zero-order valence-corrected chi connectivity index (χ0v) is 11.8. The molecule has 0 aliphatic rings. The van der Waals surface area contributed by atoms with Crippen LogP contribution in [0, 0.1) is 0 Å². The van der Waals surface area contributed by atoms with Crippen LogP contribution >= 0.6 is 11.8 Å². The van der Waals surface area contributed by atoms with Crippen LogP contribution in [0.2, 0.25) is 4.44 Å². The summed E-state index contributed by atoms with van der Waals surface area (Å²) in [5, 5.41) is 16.5. The standard InChI is InChI=1S/C3H8N.C2H5S.2CH3O.Sn/c1-2-3-4;1-3-2;2*1-2;/h1-4H2;1H2,2H3;2*1H3;/q;;2*-1;+2. The molecule has 0 saturated heterocycles. The van der Waals surface area contributed by atoms with E-state index in [0.717, 1.165) is 20.8 Å². The second-order valence-corrected chi connectivity index (χ2v) is 7.77. The van der Waals surface area contributed by atoms with Crippen molar-refractivity contribution in [2.75, 3.05) is 30.8 Å². The first-order valence-electron chi connectivity index (χ1n) is 3.63. The number of hydrogen-bond acceptors (Lipinski definition) is 4. The van der Waals surface area contributed by atoms with Gasteiger partial charge < -0.3 is 10.2 Å². The first kappa shape index (κ1) is 18.7. The Balaban J connectivity index is -0.000000175. The van der Waals surface area contributed by atoms with Crippen LogP contribution in [-0.4, -0.2) is 51.9 Å². The van der Waals surface area contributed by atoms with Crippen LogP contribution in [0.15, 0.2) is 0 Å². The summed E-state index contributed by atoms with van der Waals surface area (Å²) in [4.78, 5) is 0. The second kappa shape index (κ2) is 29.6. The molecule has 0 amide bonds. The van der Waals surface area contributed by atoms with E-state index in [2.05, 4.69) is 6.26 Å². The maximum absolute atomic E-state index is 8.25. The van der Waals surface area contributed by atoms with E-state index >= 15 is 0 Å². The fourth-order valence-electron chi connectivity index (χ4n) is 0.401. The largest absolute Gasteiger partial charge is 0.857 e. The summed E-state index contributed by atoms with van der Waals surface area (Å²) in [7, 11) is 1.50. The van der Waals surface area contributed by atoms with Crippen LogP contribution in [0.1, 0.15) is 6.42 Å². The third-order valence-electron chi connectivity index (χ3n) is 0.804. The number of hydrogen-bond donors (Lipinski definition) is 1. The Morgan fingerprint density at radius 3 is 2.08 bits per heavy atom. The van der Waals surface area contributed by atoms with Gasteiger partial charge in [-0.2, -0.15) is 14.2 Å². The van der Waals surface area contributed by atoms with E-state index in [1.807, 2.05) is 11.8 Å². The van der Waals surface area contributed by atoms with Crippen molar-refractivity contribution in [3.05, 3.63) is 0 Å². The van der Waals surface area contributed by atoms with Gasteiger partial charge in [0.05, 0.1) is 0 Å². The van der Waals surface area contributed by atoms with Gasteiger partial charge in [-0.25, -0.2) is 0 Å². The van der Waals surface area contributed by atoms with E-state index in [9.17, 15) is 0 Å². The van der Waals surface area contributed by atoms with E-state index in [0.29, 0.717) is 0 Å². The predicted octanol–water partition coefficient (Wildman–Crippen LogP) is -1.27. The summed E-state index contributed by atoms with van der Waals surface area (Å²) in [6, 6.07) is 0. The maximum Gasteiger partial charge on any atom is -0.153 e. The minimum atomic E-state index is 0.0484. The van der Waals surface area contributed by atoms with E-state index in [-0.39, 0.29) is 21.1 Å². The van der Waals surface area contributed by atoms with Crippen molar-refractivity contribution in [1.29, 1.82) is 0 Å². The molecular weight excluding hydrogens is 281 g/mol. The molecule has 2 N–H and O–H groups in total. The first-order valence-corrected chi connectivity index (χ1v) is 9.06. The Bertz CT molecular complexity index is 46.4. The third kappa shape index (κ3) is 30.5. The monoisotopic (exact) mass is 301 g/mol. The van der Waals surface area contributed by atoms with Crippen LogP contribution in [0.4, 0.5) is 0 Å². The van der Waals surface area contributed by atoms with Crippen molar-refractivity contribution in [2.45, 2.75) is 10.9 Å². The van der Waals surface area contributed by atoms with Gasteiger partial charge in [0.2, 0.25) is 0 Å². The van der Waals surface area contributed by atoms with Crippen molar-refractivity contribution < 1.29 is 10.2 Å². The molecule has 0 aliphatic carbocycles. The molecule has 0 aromatic carbocycles. The minimum absolute atomic E-state index is 0.0484. The van der Waals surface area contributed by atoms with E-state index in [4.69, 9.17) is 15.9 Å². The molecule has 0 spiro atoms. The second-order valence-electron chi connectivity index (χ2n) is 1.58. The molecule has 3 nitrogen and oxygen atoms in total. The number of nitrogens with two attached hydrogens (primary N) is 1. The van der Waals surface area contributed by atoms with Crippen molar-refractivity contribution in [3.63, 3.8) is 0 Å². The first-order chi connectivity index (χ1) is 5.91. The molecule has 0 rings (SSSR count). The topological polar surface area (TPSA) is 72.1 Å². The van der Waals surface area contributed by atoms with Gasteiger partial charge in [-0.1, -0.05) is 0 Å². The SMILES string of the molecule is CS[CH2][Sn+2][CH2]CCN.C[O-].C[O-]. The molecule has 12 heavy (non-hydrogen) atoms. The Morgan fingerprint density at radius 2 is 1.75 bits per heavy atom. The molecule has 0 unspecified atom stereocenters. The molecule has 0 saturated carbocycles.